The molecule has 1 fully saturated rings. The van der Waals surface area contributed by atoms with Crippen LogP contribution in [-0.2, 0) is 0 Å². The standard InChI is InChI=1S/C7H17ClGeN2/c1-6-5-7(2)11(4)9(8)10(6)3/h6-7,9H,5H2,1-4H3. The van der Waals surface area contributed by atoms with Crippen LogP contribution in [0.15, 0.2) is 0 Å². The first-order valence-electron chi connectivity index (χ1n) is 4.12. The van der Waals surface area contributed by atoms with Crippen LogP contribution >= 0.6 is 10.0 Å². The minimum absolute atomic E-state index is 0.684. The van der Waals surface area contributed by atoms with Crippen molar-refractivity contribution >= 4 is 23.9 Å². The maximum absolute atomic E-state index is 6.35. The van der Waals surface area contributed by atoms with Crippen LogP contribution in [0.1, 0.15) is 20.3 Å². The molecule has 1 heterocycles. The molecule has 0 radical (unpaired) electrons. The van der Waals surface area contributed by atoms with Gasteiger partial charge in [-0.2, -0.15) is 0 Å². The van der Waals surface area contributed by atoms with Gasteiger partial charge in [-0.15, -0.1) is 0 Å². The fraction of sp³-hybridized carbons (Fsp3) is 1.00. The van der Waals surface area contributed by atoms with E-state index in [4.69, 9.17) is 10.0 Å². The third kappa shape index (κ3) is 1.91. The van der Waals surface area contributed by atoms with Crippen molar-refractivity contribution in [1.82, 2.24) is 7.71 Å². The second-order valence-electron chi connectivity index (χ2n) is 3.58. The van der Waals surface area contributed by atoms with Crippen LogP contribution in [0.5, 0.6) is 0 Å². The summed E-state index contributed by atoms with van der Waals surface area (Å²) in [5.41, 5.74) is 0. The van der Waals surface area contributed by atoms with Crippen molar-refractivity contribution < 1.29 is 0 Å². The van der Waals surface area contributed by atoms with E-state index in [0.29, 0.717) is 12.1 Å². The van der Waals surface area contributed by atoms with Crippen molar-refractivity contribution in [3.63, 3.8) is 0 Å². The Labute approximate surface area is 78.2 Å². The molecule has 0 spiro atoms. The molecule has 0 aliphatic carbocycles. The third-order valence-electron chi connectivity index (χ3n) is 2.74. The normalized spacial score (nSPS) is 42.8. The van der Waals surface area contributed by atoms with E-state index < -0.39 is 13.9 Å². The molecule has 0 saturated carbocycles. The molecule has 2 unspecified atom stereocenters. The van der Waals surface area contributed by atoms with Gasteiger partial charge in [-0.1, -0.05) is 0 Å². The van der Waals surface area contributed by atoms with E-state index in [1.54, 1.807) is 0 Å². The summed E-state index contributed by atoms with van der Waals surface area (Å²) in [4.78, 5) is 0. The van der Waals surface area contributed by atoms with Gasteiger partial charge in [0.25, 0.3) is 0 Å². The fourth-order valence-corrected chi connectivity index (χ4v) is 7.01. The van der Waals surface area contributed by atoms with Crippen LogP contribution in [0, 0.1) is 0 Å². The molecule has 0 amide bonds. The second kappa shape index (κ2) is 3.64. The number of halogens is 1. The van der Waals surface area contributed by atoms with Gasteiger partial charge in [0, 0.05) is 0 Å². The van der Waals surface area contributed by atoms with Gasteiger partial charge in [0.2, 0.25) is 0 Å². The number of rotatable bonds is 0. The summed E-state index contributed by atoms with van der Waals surface area (Å²) >= 11 is -1.72. The fourth-order valence-electron chi connectivity index (χ4n) is 1.53. The van der Waals surface area contributed by atoms with Crippen LogP contribution in [-0.4, -0.2) is 47.8 Å². The minimum atomic E-state index is -1.72. The maximum atomic E-state index is 6.35. The molecule has 1 aliphatic heterocycles. The summed E-state index contributed by atoms with van der Waals surface area (Å²) in [6.07, 6.45) is 1.25. The van der Waals surface area contributed by atoms with Crippen molar-refractivity contribution in [2.24, 2.45) is 0 Å². The topological polar surface area (TPSA) is 6.48 Å². The van der Waals surface area contributed by atoms with Gasteiger partial charge in [-0.05, 0) is 0 Å². The van der Waals surface area contributed by atoms with Gasteiger partial charge in [-0.25, -0.2) is 0 Å². The molecule has 11 heavy (non-hydrogen) atoms. The van der Waals surface area contributed by atoms with Crippen molar-refractivity contribution in [2.75, 3.05) is 14.1 Å². The molecule has 66 valence electrons. The summed E-state index contributed by atoms with van der Waals surface area (Å²) in [6.45, 7) is 4.54. The van der Waals surface area contributed by atoms with Gasteiger partial charge >= 0.3 is 78.0 Å². The molecular weight excluding hydrogens is 220 g/mol. The number of hydrogen-bond acceptors (Lipinski definition) is 2. The summed E-state index contributed by atoms with van der Waals surface area (Å²) in [6, 6.07) is 1.37. The van der Waals surface area contributed by atoms with Gasteiger partial charge in [0.15, 0.2) is 0 Å². The Morgan fingerprint density at radius 2 is 1.55 bits per heavy atom. The van der Waals surface area contributed by atoms with Crippen LogP contribution < -0.4 is 0 Å². The van der Waals surface area contributed by atoms with E-state index in [9.17, 15) is 0 Å². The van der Waals surface area contributed by atoms with Crippen LogP contribution in [0.2, 0.25) is 0 Å². The number of nitrogens with zero attached hydrogens (tertiary/aromatic N) is 2. The monoisotopic (exact) mass is 238 g/mol. The number of hydrogen-bond donors (Lipinski definition) is 0. The summed E-state index contributed by atoms with van der Waals surface area (Å²) in [5, 5.41) is 0. The Balaban J connectivity index is 2.63. The van der Waals surface area contributed by atoms with Crippen LogP contribution in [0.25, 0.3) is 0 Å². The van der Waals surface area contributed by atoms with E-state index in [-0.39, 0.29) is 0 Å². The molecule has 0 aromatic rings. The molecule has 1 rings (SSSR count). The van der Waals surface area contributed by atoms with E-state index in [2.05, 4.69) is 35.7 Å². The van der Waals surface area contributed by atoms with Crippen molar-refractivity contribution in [3.05, 3.63) is 0 Å². The Morgan fingerprint density at radius 3 is 1.91 bits per heavy atom. The molecule has 0 N–H and O–H groups in total. The Bertz CT molecular complexity index is 130. The first-order valence-corrected chi connectivity index (χ1v) is 9.47. The molecule has 1 aliphatic rings. The van der Waals surface area contributed by atoms with E-state index >= 15 is 0 Å². The Hall–Kier alpha value is 0.753. The molecule has 0 aromatic carbocycles. The Kier molecular flexibility index (Phi) is 3.26. The van der Waals surface area contributed by atoms with Crippen LogP contribution in [0.4, 0.5) is 0 Å². The Morgan fingerprint density at radius 1 is 1.18 bits per heavy atom. The summed E-state index contributed by atoms with van der Waals surface area (Å²) in [5.74, 6) is 0. The molecule has 0 aromatic heterocycles. The van der Waals surface area contributed by atoms with Gasteiger partial charge in [0.05, 0.1) is 0 Å². The molecule has 4 heteroatoms. The average molecular weight is 237 g/mol. The second-order valence-corrected chi connectivity index (χ2v) is 10.3. The molecule has 2 atom stereocenters. The zero-order chi connectivity index (χ0) is 8.59. The van der Waals surface area contributed by atoms with Crippen molar-refractivity contribution in [2.45, 2.75) is 32.4 Å². The predicted molar refractivity (Wildman–Crippen MR) is 52.1 cm³/mol. The van der Waals surface area contributed by atoms with Crippen molar-refractivity contribution in [1.29, 1.82) is 0 Å². The predicted octanol–water partition coefficient (Wildman–Crippen LogP) is 0.987. The van der Waals surface area contributed by atoms with Gasteiger partial charge in [0.1, 0.15) is 0 Å². The molecular formula is C7H17ClGeN2. The van der Waals surface area contributed by atoms with Crippen molar-refractivity contribution in [3.8, 4) is 0 Å². The first-order chi connectivity index (χ1) is 5.04. The van der Waals surface area contributed by atoms with E-state index in [0.717, 1.165) is 0 Å². The SMILES string of the molecule is CC1CC(C)[N](C)[GeH]([Cl])[N]1C. The van der Waals surface area contributed by atoms with Gasteiger partial charge in [-0.3, -0.25) is 0 Å². The third-order valence-corrected chi connectivity index (χ3v) is 10.9. The van der Waals surface area contributed by atoms with E-state index in [1.165, 1.54) is 6.42 Å². The molecule has 1 saturated heterocycles. The summed E-state index contributed by atoms with van der Waals surface area (Å²) in [7, 11) is 10.7. The quantitative estimate of drug-likeness (QED) is 0.580. The molecule has 0 bridgehead atoms. The zero-order valence-corrected chi connectivity index (χ0v) is 10.9. The van der Waals surface area contributed by atoms with Gasteiger partial charge < -0.3 is 0 Å². The van der Waals surface area contributed by atoms with Crippen LogP contribution in [0.3, 0.4) is 0 Å². The summed E-state index contributed by atoms with van der Waals surface area (Å²) < 4.78 is 4.77. The average Bonchev–Trinajstić information content (AvgIpc) is 1.97. The zero-order valence-electron chi connectivity index (χ0n) is 7.71. The first kappa shape index (κ1) is 9.84. The van der Waals surface area contributed by atoms with E-state index in [1.807, 2.05) is 0 Å². The molecule has 2 nitrogen and oxygen atoms in total.